The molecular weight excluding hydrogens is 288 g/mol. The summed E-state index contributed by atoms with van der Waals surface area (Å²) >= 11 is 0. The Hall–Kier alpha value is -1.26. The topological polar surface area (TPSA) is 50.4 Å². The number of hydrogen-bond donors (Lipinski definition) is 2. The number of nitrogens with one attached hydrogen (secondary N) is 2. The average Bonchev–Trinajstić information content (AvgIpc) is 2.48. The number of hydrogen-bond acceptors (Lipinski definition) is 3. The summed E-state index contributed by atoms with van der Waals surface area (Å²) in [7, 11) is 0. The Bertz CT molecular complexity index is 382. The fourth-order valence-corrected chi connectivity index (χ4v) is 1.79. The van der Waals surface area contributed by atoms with E-state index in [1.807, 2.05) is 24.3 Å². The van der Waals surface area contributed by atoms with Crippen molar-refractivity contribution in [3.05, 3.63) is 29.8 Å². The molecule has 0 aromatic heterocycles. The van der Waals surface area contributed by atoms with Crippen LogP contribution in [0.5, 0.6) is 5.75 Å². The lowest BCUT2D eigenvalue weighted by Gasteiger charge is -2.07. The van der Waals surface area contributed by atoms with Gasteiger partial charge < -0.3 is 15.4 Å². The van der Waals surface area contributed by atoms with E-state index < -0.39 is 0 Å². The van der Waals surface area contributed by atoms with Crippen LogP contribution in [0.15, 0.2) is 24.3 Å². The maximum Gasteiger partial charge on any atom is 0.220 e. The van der Waals surface area contributed by atoms with Crippen molar-refractivity contribution in [2.75, 3.05) is 26.2 Å². The minimum Gasteiger partial charge on any atom is -0.494 e. The molecule has 1 rings (SSSR count). The second-order valence-corrected chi connectivity index (χ2v) is 4.70. The molecule has 0 bridgehead atoms. The zero-order valence-corrected chi connectivity index (χ0v) is 13.8. The van der Waals surface area contributed by atoms with Crippen LogP contribution in [0.25, 0.3) is 0 Å². The molecule has 0 saturated heterocycles. The molecular formula is C16H27ClN2O2. The zero-order valence-electron chi connectivity index (χ0n) is 13.0. The van der Waals surface area contributed by atoms with E-state index in [2.05, 4.69) is 24.5 Å². The first-order valence-corrected chi connectivity index (χ1v) is 7.45. The molecule has 0 atom stereocenters. The van der Waals surface area contributed by atoms with Crippen LogP contribution in [0.1, 0.15) is 32.3 Å². The molecule has 0 heterocycles. The van der Waals surface area contributed by atoms with Crippen LogP contribution < -0.4 is 15.4 Å². The van der Waals surface area contributed by atoms with Gasteiger partial charge in [-0.15, -0.1) is 12.4 Å². The molecule has 0 radical (unpaired) electrons. The maximum atomic E-state index is 11.6. The Balaban J connectivity index is 0.00000400. The van der Waals surface area contributed by atoms with Crippen LogP contribution in [0, 0.1) is 0 Å². The molecule has 4 nitrogen and oxygen atoms in total. The van der Waals surface area contributed by atoms with Gasteiger partial charge in [-0.3, -0.25) is 4.79 Å². The summed E-state index contributed by atoms with van der Waals surface area (Å²) in [5.74, 6) is 1.000. The normalized spacial score (nSPS) is 9.81. The van der Waals surface area contributed by atoms with Crippen LogP contribution in [-0.4, -0.2) is 32.1 Å². The Morgan fingerprint density at radius 3 is 2.48 bits per heavy atom. The van der Waals surface area contributed by atoms with Crippen molar-refractivity contribution in [1.82, 2.24) is 10.6 Å². The van der Waals surface area contributed by atoms with Crippen molar-refractivity contribution in [2.45, 2.75) is 33.1 Å². The molecule has 0 aliphatic heterocycles. The SMILES string of the molecule is CCCOc1ccc(CCC(=O)NCCNCC)cc1.Cl. The second kappa shape index (κ2) is 12.5. The zero-order chi connectivity index (χ0) is 14.6. The number of amides is 1. The first-order chi connectivity index (χ1) is 9.76. The number of aryl methyl sites for hydroxylation is 1. The molecule has 0 aliphatic carbocycles. The number of halogens is 1. The van der Waals surface area contributed by atoms with E-state index >= 15 is 0 Å². The third-order valence-electron chi connectivity index (χ3n) is 2.91. The Kier molecular flexibility index (Phi) is 11.7. The molecule has 0 saturated carbocycles. The predicted molar refractivity (Wildman–Crippen MR) is 89.4 cm³/mol. The molecule has 120 valence electrons. The van der Waals surface area contributed by atoms with Crippen molar-refractivity contribution >= 4 is 18.3 Å². The van der Waals surface area contributed by atoms with Crippen LogP contribution in [0.4, 0.5) is 0 Å². The molecule has 0 aliphatic rings. The first kappa shape index (κ1) is 19.7. The number of benzene rings is 1. The van der Waals surface area contributed by atoms with Crippen molar-refractivity contribution in [1.29, 1.82) is 0 Å². The van der Waals surface area contributed by atoms with Crippen molar-refractivity contribution in [3.63, 3.8) is 0 Å². The van der Waals surface area contributed by atoms with Crippen LogP contribution in [0.3, 0.4) is 0 Å². The molecule has 1 amide bonds. The van der Waals surface area contributed by atoms with E-state index in [-0.39, 0.29) is 18.3 Å². The van der Waals surface area contributed by atoms with Crippen LogP contribution >= 0.6 is 12.4 Å². The van der Waals surface area contributed by atoms with Gasteiger partial charge in [0.15, 0.2) is 0 Å². The van der Waals surface area contributed by atoms with E-state index in [4.69, 9.17) is 4.74 Å². The van der Waals surface area contributed by atoms with E-state index in [0.717, 1.165) is 43.9 Å². The van der Waals surface area contributed by atoms with Gasteiger partial charge in [-0.2, -0.15) is 0 Å². The third-order valence-corrected chi connectivity index (χ3v) is 2.91. The molecule has 0 spiro atoms. The number of rotatable bonds is 10. The quantitative estimate of drug-likeness (QED) is 0.653. The van der Waals surface area contributed by atoms with Gasteiger partial charge in [-0.1, -0.05) is 26.0 Å². The molecule has 21 heavy (non-hydrogen) atoms. The highest BCUT2D eigenvalue weighted by Crippen LogP contribution is 2.13. The fraction of sp³-hybridized carbons (Fsp3) is 0.562. The summed E-state index contributed by atoms with van der Waals surface area (Å²) < 4.78 is 5.53. The van der Waals surface area contributed by atoms with Gasteiger partial charge in [0.05, 0.1) is 6.61 Å². The Labute approximate surface area is 134 Å². The van der Waals surface area contributed by atoms with Gasteiger partial charge in [0.25, 0.3) is 0 Å². The molecule has 1 aromatic rings. The van der Waals surface area contributed by atoms with Crippen molar-refractivity contribution < 1.29 is 9.53 Å². The highest BCUT2D eigenvalue weighted by Gasteiger charge is 2.02. The van der Waals surface area contributed by atoms with Crippen LogP contribution in [0.2, 0.25) is 0 Å². The minimum atomic E-state index is 0. The lowest BCUT2D eigenvalue weighted by atomic mass is 10.1. The number of likely N-dealkylation sites (N-methyl/N-ethyl adjacent to an activating group) is 1. The summed E-state index contributed by atoms with van der Waals surface area (Å²) in [5.41, 5.74) is 1.16. The molecule has 5 heteroatoms. The van der Waals surface area contributed by atoms with Crippen LogP contribution in [-0.2, 0) is 11.2 Å². The molecule has 1 aromatic carbocycles. The van der Waals surface area contributed by atoms with Gasteiger partial charge >= 0.3 is 0 Å². The minimum absolute atomic E-state index is 0. The van der Waals surface area contributed by atoms with E-state index in [1.165, 1.54) is 0 Å². The Morgan fingerprint density at radius 2 is 1.86 bits per heavy atom. The second-order valence-electron chi connectivity index (χ2n) is 4.70. The summed E-state index contributed by atoms with van der Waals surface area (Å²) in [4.78, 5) is 11.6. The lowest BCUT2D eigenvalue weighted by molar-refractivity contribution is -0.121. The Morgan fingerprint density at radius 1 is 1.14 bits per heavy atom. The third kappa shape index (κ3) is 9.32. The van der Waals surface area contributed by atoms with Gasteiger partial charge in [-0.05, 0) is 37.1 Å². The molecule has 0 fully saturated rings. The van der Waals surface area contributed by atoms with E-state index in [9.17, 15) is 4.79 Å². The van der Waals surface area contributed by atoms with E-state index in [0.29, 0.717) is 13.0 Å². The largest absolute Gasteiger partial charge is 0.494 e. The lowest BCUT2D eigenvalue weighted by Crippen LogP contribution is -2.31. The average molecular weight is 315 g/mol. The van der Waals surface area contributed by atoms with Gasteiger partial charge in [0.1, 0.15) is 5.75 Å². The summed E-state index contributed by atoms with van der Waals surface area (Å²) in [6, 6.07) is 7.98. The molecule has 0 unspecified atom stereocenters. The standard InChI is InChI=1S/C16H26N2O2.ClH/c1-3-13-20-15-8-5-14(6-9-15)7-10-16(19)18-12-11-17-4-2;/h5-6,8-9,17H,3-4,7,10-13H2,1-2H3,(H,18,19);1H. The van der Waals surface area contributed by atoms with Crippen molar-refractivity contribution in [2.24, 2.45) is 0 Å². The smallest absolute Gasteiger partial charge is 0.220 e. The first-order valence-electron chi connectivity index (χ1n) is 7.45. The highest BCUT2D eigenvalue weighted by atomic mass is 35.5. The number of carbonyl (C=O) groups excluding carboxylic acids is 1. The summed E-state index contributed by atoms with van der Waals surface area (Å²) in [6.07, 6.45) is 2.30. The van der Waals surface area contributed by atoms with E-state index in [1.54, 1.807) is 0 Å². The van der Waals surface area contributed by atoms with Gasteiger partial charge in [-0.25, -0.2) is 0 Å². The molecule has 2 N–H and O–H groups in total. The monoisotopic (exact) mass is 314 g/mol. The summed E-state index contributed by atoms with van der Waals surface area (Å²) in [5, 5.41) is 6.07. The highest BCUT2D eigenvalue weighted by molar-refractivity contribution is 5.85. The number of ether oxygens (including phenoxy) is 1. The van der Waals surface area contributed by atoms with Gasteiger partial charge in [0.2, 0.25) is 5.91 Å². The fourth-order valence-electron chi connectivity index (χ4n) is 1.79. The van der Waals surface area contributed by atoms with Crippen molar-refractivity contribution in [3.8, 4) is 5.75 Å². The summed E-state index contributed by atoms with van der Waals surface area (Å²) in [6.45, 7) is 7.33. The number of carbonyl (C=O) groups is 1. The maximum absolute atomic E-state index is 11.6. The van der Waals surface area contributed by atoms with Gasteiger partial charge in [0, 0.05) is 19.5 Å². The predicted octanol–water partition coefficient (Wildman–Crippen LogP) is 2.56.